The van der Waals surface area contributed by atoms with Gasteiger partial charge in [-0.05, 0) is 29.0 Å². The number of hydrogen-bond acceptors (Lipinski definition) is 2. The molecular weight excluding hydrogens is 288 g/mol. The van der Waals surface area contributed by atoms with E-state index >= 15 is 0 Å². The Hall–Kier alpha value is -1.84. The predicted molar refractivity (Wildman–Crippen MR) is 94.6 cm³/mol. The Bertz CT molecular complexity index is 527. The highest BCUT2D eigenvalue weighted by atomic mass is 16.2. The number of hydrogen-bond donors (Lipinski definition) is 1. The lowest BCUT2D eigenvalue weighted by Gasteiger charge is -2.23. The number of nitrogens with one attached hydrogen (secondary N) is 1. The third-order valence-corrected chi connectivity index (χ3v) is 3.71. The van der Waals surface area contributed by atoms with Crippen LogP contribution in [0.3, 0.4) is 0 Å². The Morgan fingerprint density at radius 2 is 1.70 bits per heavy atom. The Labute approximate surface area is 140 Å². The second-order valence-corrected chi connectivity index (χ2v) is 7.44. The van der Waals surface area contributed by atoms with Gasteiger partial charge < -0.3 is 10.2 Å². The fraction of sp³-hybridized carbons (Fsp3) is 0.579. The van der Waals surface area contributed by atoms with Crippen molar-refractivity contribution in [3.05, 3.63) is 35.4 Å². The molecule has 2 amide bonds. The lowest BCUT2D eigenvalue weighted by atomic mass is 9.87. The molecule has 4 nitrogen and oxygen atoms in total. The summed E-state index contributed by atoms with van der Waals surface area (Å²) in [7, 11) is 0. The molecule has 128 valence electrons. The molecule has 0 radical (unpaired) electrons. The van der Waals surface area contributed by atoms with Gasteiger partial charge in [-0.25, -0.2) is 0 Å². The maximum atomic E-state index is 12.2. The summed E-state index contributed by atoms with van der Waals surface area (Å²) in [5, 5.41) is 2.88. The first-order chi connectivity index (χ1) is 10.6. The van der Waals surface area contributed by atoms with E-state index in [1.165, 1.54) is 5.56 Å². The molecule has 0 spiro atoms. The van der Waals surface area contributed by atoms with Crippen molar-refractivity contribution in [2.75, 3.05) is 19.6 Å². The van der Waals surface area contributed by atoms with E-state index in [1.54, 1.807) is 11.8 Å². The molecule has 0 atom stereocenters. The summed E-state index contributed by atoms with van der Waals surface area (Å²) in [6.45, 7) is 13.9. The van der Waals surface area contributed by atoms with Gasteiger partial charge in [-0.1, -0.05) is 46.8 Å². The first kappa shape index (κ1) is 19.2. The summed E-state index contributed by atoms with van der Waals surface area (Å²) in [4.78, 5) is 25.5. The maximum absolute atomic E-state index is 12.2. The molecule has 0 saturated heterocycles. The van der Waals surface area contributed by atoms with Crippen LogP contribution in [0.4, 0.5) is 0 Å². The fourth-order valence-corrected chi connectivity index (χ4v) is 2.35. The predicted octanol–water partition coefficient (Wildman–Crippen LogP) is 3.22. The molecule has 0 heterocycles. The molecule has 0 aliphatic heterocycles. The molecule has 0 unspecified atom stereocenters. The zero-order valence-electron chi connectivity index (χ0n) is 15.3. The molecule has 0 aromatic heterocycles. The van der Waals surface area contributed by atoms with Crippen LogP contribution in [0, 0.1) is 5.92 Å². The average molecular weight is 318 g/mol. The van der Waals surface area contributed by atoms with E-state index in [9.17, 15) is 9.59 Å². The van der Waals surface area contributed by atoms with Crippen LogP contribution in [0.25, 0.3) is 0 Å². The normalized spacial score (nSPS) is 11.4. The van der Waals surface area contributed by atoms with Gasteiger partial charge in [0.2, 0.25) is 5.91 Å². The van der Waals surface area contributed by atoms with Crippen molar-refractivity contribution in [3.63, 3.8) is 0 Å². The van der Waals surface area contributed by atoms with Gasteiger partial charge in [0.25, 0.3) is 5.91 Å². The van der Waals surface area contributed by atoms with E-state index in [-0.39, 0.29) is 17.2 Å². The quantitative estimate of drug-likeness (QED) is 0.875. The summed E-state index contributed by atoms with van der Waals surface area (Å²) in [5.41, 5.74) is 1.93. The number of nitrogens with zero attached hydrogens (tertiary/aromatic N) is 1. The van der Waals surface area contributed by atoms with E-state index in [0.717, 1.165) is 0 Å². The van der Waals surface area contributed by atoms with Crippen LogP contribution in [0.1, 0.15) is 57.5 Å². The molecule has 0 aliphatic rings. The molecule has 0 saturated carbocycles. The monoisotopic (exact) mass is 318 g/mol. The molecular formula is C19H30N2O2. The highest BCUT2D eigenvalue weighted by Crippen LogP contribution is 2.22. The average Bonchev–Trinajstić information content (AvgIpc) is 2.44. The lowest BCUT2D eigenvalue weighted by molar-refractivity contribution is -0.129. The van der Waals surface area contributed by atoms with Gasteiger partial charge in [0, 0.05) is 32.1 Å². The van der Waals surface area contributed by atoms with E-state index in [4.69, 9.17) is 0 Å². The van der Waals surface area contributed by atoms with Gasteiger partial charge in [-0.3, -0.25) is 9.59 Å². The van der Waals surface area contributed by atoms with E-state index in [2.05, 4.69) is 39.9 Å². The Morgan fingerprint density at radius 3 is 2.13 bits per heavy atom. The van der Waals surface area contributed by atoms with Gasteiger partial charge in [0.15, 0.2) is 0 Å². The smallest absolute Gasteiger partial charge is 0.251 e. The third kappa shape index (κ3) is 6.43. The number of carbonyl (C=O) groups is 2. The Balaban J connectivity index is 2.55. The number of amides is 2. The minimum absolute atomic E-state index is 0.0440. The second-order valence-electron chi connectivity index (χ2n) is 7.44. The molecule has 1 rings (SSSR count). The fourth-order valence-electron chi connectivity index (χ4n) is 2.35. The van der Waals surface area contributed by atoms with Crippen molar-refractivity contribution in [1.82, 2.24) is 10.2 Å². The first-order valence-corrected chi connectivity index (χ1v) is 8.25. The zero-order valence-corrected chi connectivity index (χ0v) is 15.3. The van der Waals surface area contributed by atoms with Gasteiger partial charge >= 0.3 is 0 Å². The summed E-state index contributed by atoms with van der Waals surface area (Å²) in [6, 6.07) is 7.70. The largest absolute Gasteiger partial charge is 0.350 e. The molecule has 0 aliphatic carbocycles. The van der Waals surface area contributed by atoms with Crippen LogP contribution in [-0.2, 0) is 10.2 Å². The third-order valence-electron chi connectivity index (χ3n) is 3.71. The standard InChI is InChI=1S/C19H30N2O2/c1-14(2)13-21(15(3)22)12-11-20-18(23)16-7-9-17(10-8-16)19(4,5)6/h7-10,14H,11-13H2,1-6H3,(H,20,23). The molecule has 0 bridgehead atoms. The van der Waals surface area contributed by atoms with Crippen molar-refractivity contribution in [1.29, 1.82) is 0 Å². The molecule has 1 N–H and O–H groups in total. The Morgan fingerprint density at radius 1 is 1.13 bits per heavy atom. The number of carbonyl (C=O) groups excluding carboxylic acids is 2. The number of benzene rings is 1. The molecule has 4 heteroatoms. The first-order valence-electron chi connectivity index (χ1n) is 8.25. The molecule has 0 fully saturated rings. The van der Waals surface area contributed by atoms with Crippen molar-refractivity contribution in [2.24, 2.45) is 5.92 Å². The van der Waals surface area contributed by atoms with Crippen LogP contribution in [0.15, 0.2) is 24.3 Å². The lowest BCUT2D eigenvalue weighted by Crippen LogP contribution is -2.39. The summed E-state index contributed by atoms with van der Waals surface area (Å²) in [6.07, 6.45) is 0. The SMILES string of the molecule is CC(=O)N(CCNC(=O)c1ccc(C(C)(C)C)cc1)CC(C)C. The Kier molecular flexibility index (Phi) is 6.79. The summed E-state index contributed by atoms with van der Waals surface area (Å²) in [5.74, 6) is 0.362. The second kappa shape index (κ2) is 8.14. The topological polar surface area (TPSA) is 49.4 Å². The van der Waals surface area contributed by atoms with Crippen LogP contribution in [-0.4, -0.2) is 36.3 Å². The minimum atomic E-state index is -0.0986. The zero-order chi connectivity index (χ0) is 17.6. The molecule has 1 aromatic carbocycles. The molecule has 1 aromatic rings. The number of rotatable bonds is 6. The van der Waals surface area contributed by atoms with E-state index in [0.29, 0.717) is 31.1 Å². The maximum Gasteiger partial charge on any atom is 0.251 e. The van der Waals surface area contributed by atoms with E-state index < -0.39 is 0 Å². The summed E-state index contributed by atoms with van der Waals surface area (Å²) < 4.78 is 0. The van der Waals surface area contributed by atoms with Crippen LogP contribution >= 0.6 is 0 Å². The highest BCUT2D eigenvalue weighted by Gasteiger charge is 2.15. The van der Waals surface area contributed by atoms with Gasteiger partial charge in [-0.15, -0.1) is 0 Å². The highest BCUT2D eigenvalue weighted by molar-refractivity contribution is 5.94. The minimum Gasteiger partial charge on any atom is -0.350 e. The van der Waals surface area contributed by atoms with Crippen molar-refractivity contribution >= 4 is 11.8 Å². The van der Waals surface area contributed by atoms with Gasteiger partial charge in [0.05, 0.1) is 0 Å². The van der Waals surface area contributed by atoms with Crippen LogP contribution < -0.4 is 5.32 Å². The van der Waals surface area contributed by atoms with Crippen LogP contribution in [0.2, 0.25) is 0 Å². The van der Waals surface area contributed by atoms with E-state index in [1.807, 2.05) is 24.3 Å². The summed E-state index contributed by atoms with van der Waals surface area (Å²) >= 11 is 0. The molecule has 23 heavy (non-hydrogen) atoms. The van der Waals surface area contributed by atoms with Crippen molar-refractivity contribution in [3.8, 4) is 0 Å². The van der Waals surface area contributed by atoms with Crippen LogP contribution in [0.5, 0.6) is 0 Å². The van der Waals surface area contributed by atoms with Crippen molar-refractivity contribution in [2.45, 2.75) is 47.0 Å². The van der Waals surface area contributed by atoms with Gasteiger partial charge in [0.1, 0.15) is 0 Å². The van der Waals surface area contributed by atoms with Gasteiger partial charge in [-0.2, -0.15) is 0 Å². The van der Waals surface area contributed by atoms with Crippen molar-refractivity contribution < 1.29 is 9.59 Å².